The second-order valence-corrected chi connectivity index (χ2v) is 8.43. The predicted octanol–water partition coefficient (Wildman–Crippen LogP) is 4.61. The molecule has 0 aromatic heterocycles. The summed E-state index contributed by atoms with van der Waals surface area (Å²) >= 11 is 5.96. The third-order valence-electron chi connectivity index (χ3n) is 5.91. The monoisotopic (exact) mass is 463 g/mol. The zero-order valence-electron chi connectivity index (χ0n) is 17.4. The highest BCUT2D eigenvalue weighted by Crippen LogP contribution is 2.48. The van der Waals surface area contributed by atoms with Gasteiger partial charge in [0.1, 0.15) is 5.92 Å². The summed E-state index contributed by atoms with van der Waals surface area (Å²) in [7, 11) is 0. The van der Waals surface area contributed by atoms with E-state index in [4.69, 9.17) is 16.4 Å². The zero-order valence-corrected chi connectivity index (χ0v) is 18.2. The van der Waals surface area contributed by atoms with E-state index in [1.807, 2.05) is 31.2 Å². The van der Waals surface area contributed by atoms with Gasteiger partial charge in [0.15, 0.2) is 6.10 Å². The van der Waals surface area contributed by atoms with E-state index in [0.717, 1.165) is 16.0 Å². The molecule has 0 N–H and O–H groups in total. The Bertz CT molecular complexity index is 1260. The molecule has 0 saturated carbocycles. The van der Waals surface area contributed by atoms with Crippen LogP contribution in [0.4, 0.5) is 17.1 Å². The maximum absolute atomic E-state index is 13.5. The maximum atomic E-state index is 13.5. The van der Waals surface area contributed by atoms with E-state index in [0.29, 0.717) is 16.4 Å². The number of imide groups is 1. The van der Waals surface area contributed by atoms with Gasteiger partial charge in [-0.15, -0.1) is 0 Å². The predicted molar refractivity (Wildman–Crippen MR) is 122 cm³/mol. The summed E-state index contributed by atoms with van der Waals surface area (Å²) in [5, 5.41) is 13.2. The first kappa shape index (κ1) is 21.1. The van der Waals surface area contributed by atoms with Crippen LogP contribution < -0.4 is 9.96 Å². The fraction of sp³-hybridized carbons (Fsp3) is 0.167. The molecule has 0 radical (unpaired) electrons. The Hall–Kier alpha value is -3.75. The van der Waals surface area contributed by atoms with E-state index >= 15 is 0 Å². The van der Waals surface area contributed by atoms with Crippen LogP contribution in [-0.2, 0) is 14.4 Å². The second-order valence-electron chi connectivity index (χ2n) is 8.00. The fourth-order valence-electron chi connectivity index (χ4n) is 4.33. The van der Waals surface area contributed by atoms with E-state index < -0.39 is 34.8 Å². The van der Waals surface area contributed by atoms with E-state index in [2.05, 4.69) is 0 Å². The molecule has 2 aliphatic heterocycles. The molecule has 2 saturated heterocycles. The summed E-state index contributed by atoms with van der Waals surface area (Å²) in [5.41, 5.74) is 2.49. The topological polar surface area (TPSA) is 93.0 Å². The number of benzene rings is 3. The normalized spacial score (nSPS) is 22.1. The molecule has 2 heterocycles. The minimum atomic E-state index is -1.06. The Morgan fingerprint density at radius 1 is 0.939 bits per heavy atom. The summed E-state index contributed by atoms with van der Waals surface area (Å²) < 4.78 is 0. The van der Waals surface area contributed by atoms with Gasteiger partial charge in [-0.3, -0.25) is 24.5 Å². The molecule has 5 rings (SSSR count). The number of nitrogens with zero attached hydrogens (tertiary/aromatic N) is 3. The Labute approximate surface area is 194 Å². The highest BCUT2D eigenvalue weighted by Gasteiger charge is 2.60. The van der Waals surface area contributed by atoms with Crippen molar-refractivity contribution in [3.05, 3.63) is 99.1 Å². The SMILES string of the molecule is Cc1ccc([C@@H]2[C@@H]3C(=O)N(c4ccc(Cl)cc4)C(=O)[C@H]3ON2c2cccc([N+](=O)[O-])c2)cc1. The van der Waals surface area contributed by atoms with E-state index in [1.165, 1.54) is 17.2 Å². The molecular formula is C24H18ClN3O5. The number of carbonyl (C=O) groups is 2. The van der Waals surface area contributed by atoms with Crippen LogP contribution >= 0.6 is 11.6 Å². The molecular weight excluding hydrogens is 446 g/mol. The fourth-order valence-corrected chi connectivity index (χ4v) is 4.46. The molecule has 8 nitrogen and oxygen atoms in total. The second kappa shape index (κ2) is 7.99. The van der Waals surface area contributed by atoms with Crippen molar-refractivity contribution in [1.29, 1.82) is 0 Å². The van der Waals surface area contributed by atoms with Gasteiger partial charge in [0.2, 0.25) is 5.91 Å². The van der Waals surface area contributed by atoms with Crippen LogP contribution in [0, 0.1) is 23.0 Å². The van der Waals surface area contributed by atoms with Crippen molar-refractivity contribution in [2.24, 2.45) is 5.92 Å². The number of halogens is 1. The smallest absolute Gasteiger partial charge is 0.271 e. The number of non-ortho nitro benzene ring substituents is 1. The molecule has 2 fully saturated rings. The molecule has 2 amide bonds. The minimum absolute atomic E-state index is 0.115. The van der Waals surface area contributed by atoms with Gasteiger partial charge in [-0.25, -0.2) is 9.96 Å². The molecule has 3 atom stereocenters. The standard InChI is InChI=1S/C24H18ClN3O5/c1-14-5-7-15(8-6-14)21-20-22(33-27(21)18-3-2-4-19(13-18)28(31)32)24(30)26(23(20)29)17-11-9-16(25)10-12-17/h2-13,20-22H,1H3/t20-,21+,22-/m0/s1. The average molecular weight is 464 g/mol. The van der Waals surface area contributed by atoms with Crippen LogP contribution in [0.2, 0.25) is 5.02 Å². The lowest BCUT2D eigenvalue weighted by molar-refractivity contribution is -0.384. The van der Waals surface area contributed by atoms with E-state index in [-0.39, 0.29) is 5.69 Å². The largest absolute Gasteiger partial charge is 0.273 e. The Balaban J connectivity index is 1.59. The first-order chi connectivity index (χ1) is 15.8. The van der Waals surface area contributed by atoms with Crippen molar-refractivity contribution in [2.75, 3.05) is 9.96 Å². The first-order valence-corrected chi connectivity index (χ1v) is 10.6. The van der Waals surface area contributed by atoms with Gasteiger partial charge >= 0.3 is 0 Å². The third kappa shape index (κ3) is 3.53. The highest BCUT2D eigenvalue weighted by atomic mass is 35.5. The van der Waals surface area contributed by atoms with Crippen molar-refractivity contribution in [3.63, 3.8) is 0 Å². The van der Waals surface area contributed by atoms with Gasteiger partial charge in [-0.1, -0.05) is 47.5 Å². The molecule has 33 heavy (non-hydrogen) atoms. The van der Waals surface area contributed by atoms with Gasteiger partial charge in [0, 0.05) is 17.2 Å². The number of amides is 2. The maximum Gasteiger partial charge on any atom is 0.271 e. The molecule has 2 aliphatic rings. The molecule has 0 bridgehead atoms. The number of hydrogen-bond acceptors (Lipinski definition) is 6. The molecule has 166 valence electrons. The van der Waals surface area contributed by atoms with Gasteiger partial charge in [-0.2, -0.15) is 0 Å². The van der Waals surface area contributed by atoms with Crippen LogP contribution in [0.5, 0.6) is 0 Å². The van der Waals surface area contributed by atoms with Crippen molar-refractivity contribution < 1.29 is 19.3 Å². The number of fused-ring (bicyclic) bond motifs is 1. The quantitative estimate of drug-likeness (QED) is 0.319. The molecule has 0 unspecified atom stereocenters. The van der Waals surface area contributed by atoms with Gasteiger partial charge in [0.05, 0.1) is 22.3 Å². The molecule has 0 aliphatic carbocycles. The van der Waals surface area contributed by atoms with Crippen LogP contribution in [0.1, 0.15) is 17.2 Å². The van der Waals surface area contributed by atoms with Crippen molar-refractivity contribution in [1.82, 2.24) is 0 Å². The molecule has 3 aromatic rings. The Morgan fingerprint density at radius 3 is 2.30 bits per heavy atom. The van der Waals surface area contributed by atoms with Gasteiger partial charge in [-0.05, 0) is 42.8 Å². The Morgan fingerprint density at radius 2 is 1.64 bits per heavy atom. The van der Waals surface area contributed by atoms with Crippen LogP contribution in [0.3, 0.4) is 0 Å². The summed E-state index contributed by atoms with van der Waals surface area (Å²) in [4.78, 5) is 44.8. The number of carbonyl (C=O) groups excluding carboxylic acids is 2. The van der Waals surface area contributed by atoms with Gasteiger partial charge in [0.25, 0.3) is 11.6 Å². The van der Waals surface area contributed by atoms with Crippen LogP contribution in [0.25, 0.3) is 0 Å². The Kier molecular flexibility index (Phi) is 5.11. The number of aryl methyl sites for hydroxylation is 1. The number of rotatable bonds is 4. The van der Waals surface area contributed by atoms with E-state index in [1.54, 1.807) is 36.4 Å². The zero-order chi connectivity index (χ0) is 23.3. The summed E-state index contributed by atoms with van der Waals surface area (Å²) in [6.45, 7) is 1.95. The highest BCUT2D eigenvalue weighted by molar-refractivity contribution is 6.31. The first-order valence-electron chi connectivity index (χ1n) is 10.3. The number of hydroxylamine groups is 1. The number of hydrogen-bond donors (Lipinski definition) is 0. The molecule has 0 spiro atoms. The lowest BCUT2D eigenvalue weighted by atomic mass is 9.90. The molecule has 9 heteroatoms. The molecule has 3 aromatic carbocycles. The third-order valence-corrected chi connectivity index (χ3v) is 6.17. The minimum Gasteiger partial charge on any atom is -0.273 e. The number of nitro benzene ring substituents is 1. The van der Waals surface area contributed by atoms with Crippen LogP contribution in [0.15, 0.2) is 72.8 Å². The summed E-state index contributed by atoms with van der Waals surface area (Å²) in [6, 6.07) is 19.3. The summed E-state index contributed by atoms with van der Waals surface area (Å²) in [5.74, 6) is -1.71. The lowest BCUT2D eigenvalue weighted by Gasteiger charge is -2.28. The van der Waals surface area contributed by atoms with E-state index in [9.17, 15) is 19.7 Å². The van der Waals surface area contributed by atoms with Crippen molar-refractivity contribution >= 4 is 40.5 Å². The van der Waals surface area contributed by atoms with Gasteiger partial charge < -0.3 is 0 Å². The number of anilines is 2. The summed E-state index contributed by atoms with van der Waals surface area (Å²) in [6.07, 6.45) is -1.06. The lowest BCUT2D eigenvalue weighted by Crippen LogP contribution is -2.37. The van der Waals surface area contributed by atoms with Crippen molar-refractivity contribution in [2.45, 2.75) is 19.1 Å². The van der Waals surface area contributed by atoms with Crippen LogP contribution in [-0.4, -0.2) is 22.8 Å². The van der Waals surface area contributed by atoms with Crippen molar-refractivity contribution in [3.8, 4) is 0 Å². The average Bonchev–Trinajstić information content (AvgIpc) is 3.31. The number of nitro groups is 1.